The first-order valence-corrected chi connectivity index (χ1v) is 6.78. The Morgan fingerprint density at radius 1 is 1.11 bits per heavy atom. The molecule has 2 heteroatoms. The lowest BCUT2D eigenvalue weighted by molar-refractivity contribution is 0.414. The van der Waals surface area contributed by atoms with Crippen molar-refractivity contribution >= 4 is 5.69 Å². The number of ether oxygens (including phenoxy) is 1. The Labute approximate surface area is 114 Å². The van der Waals surface area contributed by atoms with E-state index in [2.05, 4.69) is 30.3 Å². The van der Waals surface area contributed by atoms with Gasteiger partial charge in [0, 0.05) is 11.8 Å². The van der Waals surface area contributed by atoms with Crippen molar-refractivity contribution in [2.24, 2.45) is 0 Å². The van der Waals surface area contributed by atoms with E-state index in [0.29, 0.717) is 5.92 Å². The molecule has 1 atom stereocenters. The molecule has 19 heavy (non-hydrogen) atoms. The molecule has 2 N–H and O–H groups in total. The molecule has 2 nitrogen and oxygen atoms in total. The third kappa shape index (κ3) is 2.30. The molecule has 0 aliphatic heterocycles. The van der Waals surface area contributed by atoms with Crippen LogP contribution in [0.4, 0.5) is 5.69 Å². The van der Waals surface area contributed by atoms with Gasteiger partial charge in [-0.2, -0.15) is 0 Å². The summed E-state index contributed by atoms with van der Waals surface area (Å²) in [6.07, 6.45) is 3.41. The first kappa shape index (κ1) is 12.1. The van der Waals surface area contributed by atoms with Crippen LogP contribution < -0.4 is 10.5 Å². The van der Waals surface area contributed by atoms with Crippen LogP contribution >= 0.6 is 0 Å². The molecule has 1 aliphatic rings. The van der Waals surface area contributed by atoms with Crippen molar-refractivity contribution in [1.29, 1.82) is 0 Å². The molecule has 0 saturated heterocycles. The minimum Gasteiger partial charge on any atom is -0.497 e. The first-order valence-electron chi connectivity index (χ1n) is 6.78. The molecule has 2 aromatic carbocycles. The Morgan fingerprint density at radius 3 is 2.63 bits per heavy atom. The first-order chi connectivity index (χ1) is 9.28. The van der Waals surface area contributed by atoms with Crippen molar-refractivity contribution < 1.29 is 4.74 Å². The number of nitrogen functional groups attached to an aromatic ring is 1. The zero-order chi connectivity index (χ0) is 13.2. The second-order valence-corrected chi connectivity index (χ2v) is 5.20. The summed E-state index contributed by atoms with van der Waals surface area (Å²) in [6.45, 7) is 0. The zero-order valence-corrected chi connectivity index (χ0v) is 11.2. The molecule has 3 rings (SSSR count). The van der Waals surface area contributed by atoms with E-state index in [-0.39, 0.29) is 0 Å². The minimum atomic E-state index is 0.529. The fourth-order valence-corrected chi connectivity index (χ4v) is 3.01. The van der Waals surface area contributed by atoms with Crippen LogP contribution in [0.1, 0.15) is 29.0 Å². The highest BCUT2D eigenvalue weighted by atomic mass is 16.5. The largest absolute Gasteiger partial charge is 0.497 e. The average molecular weight is 253 g/mol. The normalized spacial score (nSPS) is 17.8. The molecule has 0 aromatic heterocycles. The number of rotatable bonds is 2. The summed E-state index contributed by atoms with van der Waals surface area (Å²) in [5, 5.41) is 0. The van der Waals surface area contributed by atoms with Crippen molar-refractivity contribution in [3.8, 4) is 5.75 Å². The Morgan fingerprint density at radius 2 is 1.89 bits per heavy atom. The van der Waals surface area contributed by atoms with Gasteiger partial charge in [-0.25, -0.2) is 0 Å². The van der Waals surface area contributed by atoms with Gasteiger partial charge in [-0.15, -0.1) is 0 Å². The quantitative estimate of drug-likeness (QED) is 0.831. The second kappa shape index (κ2) is 4.96. The molecule has 0 radical (unpaired) electrons. The highest BCUT2D eigenvalue weighted by Gasteiger charge is 2.21. The van der Waals surface area contributed by atoms with E-state index in [1.54, 1.807) is 7.11 Å². The van der Waals surface area contributed by atoms with Gasteiger partial charge in [0.2, 0.25) is 0 Å². The number of hydrogen-bond donors (Lipinski definition) is 1. The summed E-state index contributed by atoms with van der Waals surface area (Å²) in [7, 11) is 1.67. The molecule has 1 unspecified atom stereocenters. The van der Waals surface area contributed by atoms with Crippen molar-refractivity contribution in [1.82, 2.24) is 0 Å². The Hall–Kier alpha value is -1.96. The number of aryl methyl sites for hydroxylation is 1. The standard InChI is InChI=1S/C17H19NO/c1-19-15-8-9-16(17(18)11-15)14-7-6-12-4-2-3-5-13(12)10-14/h2-5,8-9,11,14H,6-7,10,18H2,1H3. The fraction of sp³-hybridized carbons (Fsp3) is 0.294. The molecule has 0 spiro atoms. The van der Waals surface area contributed by atoms with Crippen LogP contribution in [-0.2, 0) is 12.8 Å². The van der Waals surface area contributed by atoms with Gasteiger partial charge in [-0.3, -0.25) is 0 Å². The number of methoxy groups -OCH3 is 1. The van der Waals surface area contributed by atoms with E-state index < -0.39 is 0 Å². The molecular formula is C17H19NO. The average Bonchev–Trinajstić information content (AvgIpc) is 2.46. The van der Waals surface area contributed by atoms with Crippen molar-refractivity contribution in [3.63, 3.8) is 0 Å². The molecule has 1 aliphatic carbocycles. The smallest absolute Gasteiger partial charge is 0.120 e. The monoisotopic (exact) mass is 253 g/mol. The summed E-state index contributed by atoms with van der Waals surface area (Å²) >= 11 is 0. The van der Waals surface area contributed by atoms with Gasteiger partial charge in [-0.05, 0) is 47.9 Å². The Kier molecular flexibility index (Phi) is 3.16. The SMILES string of the molecule is COc1ccc(C2CCc3ccccc3C2)c(N)c1. The Balaban J connectivity index is 1.89. The lowest BCUT2D eigenvalue weighted by atomic mass is 9.80. The zero-order valence-electron chi connectivity index (χ0n) is 11.2. The summed E-state index contributed by atoms with van der Waals surface area (Å²) in [5.74, 6) is 1.36. The highest BCUT2D eigenvalue weighted by molar-refractivity contribution is 5.54. The van der Waals surface area contributed by atoms with Gasteiger partial charge >= 0.3 is 0 Å². The van der Waals surface area contributed by atoms with Crippen LogP contribution in [0.5, 0.6) is 5.75 Å². The van der Waals surface area contributed by atoms with E-state index in [0.717, 1.165) is 24.3 Å². The van der Waals surface area contributed by atoms with E-state index in [1.165, 1.54) is 23.1 Å². The second-order valence-electron chi connectivity index (χ2n) is 5.20. The van der Waals surface area contributed by atoms with Crippen molar-refractivity contribution in [2.45, 2.75) is 25.2 Å². The molecule has 0 heterocycles. The highest BCUT2D eigenvalue weighted by Crippen LogP contribution is 2.36. The van der Waals surface area contributed by atoms with E-state index in [1.807, 2.05) is 12.1 Å². The maximum absolute atomic E-state index is 6.17. The van der Waals surface area contributed by atoms with Gasteiger partial charge in [0.1, 0.15) is 5.75 Å². The predicted molar refractivity (Wildman–Crippen MR) is 78.6 cm³/mol. The van der Waals surface area contributed by atoms with Crippen molar-refractivity contribution in [3.05, 3.63) is 59.2 Å². The molecular weight excluding hydrogens is 234 g/mol. The summed E-state index contributed by atoms with van der Waals surface area (Å²) in [4.78, 5) is 0. The fourth-order valence-electron chi connectivity index (χ4n) is 3.01. The van der Waals surface area contributed by atoms with E-state index in [9.17, 15) is 0 Å². The maximum atomic E-state index is 6.17. The van der Waals surface area contributed by atoms with Gasteiger partial charge in [-0.1, -0.05) is 30.3 Å². The maximum Gasteiger partial charge on any atom is 0.120 e. The van der Waals surface area contributed by atoms with Crippen LogP contribution in [0.15, 0.2) is 42.5 Å². The number of hydrogen-bond acceptors (Lipinski definition) is 2. The van der Waals surface area contributed by atoms with Gasteiger partial charge in [0.05, 0.1) is 7.11 Å². The van der Waals surface area contributed by atoms with Gasteiger partial charge < -0.3 is 10.5 Å². The van der Waals surface area contributed by atoms with Crippen LogP contribution in [0.2, 0.25) is 0 Å². The van der Waals surface area contributed by atoms with Crippen molar-refractivity contribution in [2.75, 3.05) is 12.8 Å². The number of benzene rings is 2. The topological polar surface area (TPSA) is 35.2 Å². The lowest BCUT2D eigenvalue weighted by Crippen LogP contribution is -2.14. The third-order valence-electron chi connectivity index (χ3n) is 4.08. The molecule has 98 valence electrons. The molecule has 0 fully saturated rings. The number of nitrogens with two attached hydrogens (primary N) is 1. The van der Waals surface area contributed by atoms with E-state index in [4.69, 9.17) is 10.5 Å². The third-order valence-corrected chi connectivity index (χ3v) is 4.08. The molecule has 2 aromatic rings. The van der Waals surface area contributed by atoms with Crippen LogP contribution in [-0.4, -0.2) is 7.11 Å². The van der Waals surface area contributed by atoms with Crippen LogP contribution in [0.25, 0.3) is 0 Å². The lowest BCUT2D eigenvalue weighted by Gasteiger charge is -2.26. The molecule has 0 amide bonds. The van der Waals surface area contributed by atoms with Crippen LogP contribution in [0.3, 0.4) is 0 Å². The number of fused-ring (bicyclic) bond motifs is 1. The van der Waals surface area contributed by atoms with E-state index >= 15 is 0 Å². The molecule has 0 saturated carbocycles. The predicted octanol–water partition coefficient (Wildman–Crippen LogP) is 3.55. The van der Waals surface area contributed by atoms with Crippen LogP contribution in [0, 0.1) is 0 Å². The number of anilines is 1. The minimum absolute atomic E-state index is 0.529. The Bertz CT molecular complexity index is 592. The van der Waals surface area contributed by atoms with Gasteiger partial charge in [0.15, 0.2) is 0 Å². The van der Waals surface area contributed by atoms with Gasteiger partial charge in [0.25, 0.3) is 0 Å². The summed E-state index contributed by atoms with van der Waals surface area (Å²) < 4.78 is 5.21. The summed E-state index contributed by atoms with van der Waals surface area (Å²) in [5.41, 5.74) is 11.2. The summed E-state index contributed by atoms with van der Waals surface area (Å²) in [6, 6.07) is 14.8. The molecule has 0 bridgehead atoms.